The zero-order valence-electron chi connectivity index (χ0n) is 13.5. The van der Waals surface area contributed by atoms with Crippen molar-refractivity contribution in [3.63, 3.8) is 0 Å². The molecule has 1 saturated heterocycles. The number of carbonyl (C=O) groups is 1. The van der Waals surface area contributed by atoms with Gasteiger partial charge in [0.1, 0.15) is 5.82 Å². The first-order chi connectivity index (χ1) is 11.0. The molecule has 4 nitrogen and oxygen atoms in total. The van der Waals surface area contributed by atoms with Gasteiger partial charge in [-0.15, -0.1) is 0 Å². The monoisotopic (exact) mass is 320 g/mol. The lowest BCUT2D eigenvalue weighted by Gasteiger charge is -2.39. The van der Waals surface area contributed by atoms with Crippen molar-refractivity contribution in [2.24, 2.45) is 0 Å². The SMILES string of the molecule is CC(C(=O)NC1CC(c2ccccc2F)C1)N1CCC(O)CC1. The fourth-order valence-electron chi connectivity index (χ4n) is 3.56. The number of hydrogen-bond acceptors (Lipinski definition) is 3. The highest BCUT2D eigenvalue weighted by molar-refractivity contribution is 5.81. The van der Waals surface area contributed by atoms with E-state index in [1.807, 2.05) is 19.1 Å². The molecule has 2 aliphatic rings. The minimum atomic E-state index is -0.227. The van der Waals surface area contributed by atoms with Crippen LogP contribution in [0, 0.1) is 5.82 Å². The van der Waals surface area contributed by atoms with Crippen LogP contribution >= 0.6 is 0 Å². The summed E-state index contributed by atoms with van der Waals surface area (Å²) in [7, 11) is 0. The van der Waals surface area contributed by atoms with Gasteiger partial charge >= 0.3 is 0 Å². The van der Waals surface area contributed by atoms with Gasteiger partial charge in [0.25, 0.3) is 0 Å². The summed E-state index contributed by atoms with van der Waals surface area (Å²) in [6.45, 7) is 3.44. The number of hydrogen-bond donors (Lipinski definition) is 2. The maximum Gasteiger partial charge on any atom is 0.237 e. The average Bonchev–Trinajstić information content (AvgIpc) is 2.51. The number of rotatable bonds is 4. The van der Waals surface area contributed by atoms with Crippen LogP contribution in [-0.4, -0.2) is 47.2 Å². The Hall–Kier alpha value is -1.46. The molecular weight excluding hydrogens is 295 g/mol. The summed E-state index contributed by atoms with van der Waals surface area (Å²) in [6, 6.07) is 6.86. The van der Waals surface area contributed by atoms with Gasteiger partial charge in [-0.2, -0.15) is 0 Å². The molecule has 3 rings (SSSR count). The van der Waals surface area contributed by atoms with Gasteiger partial charge < -0.3 is 10.4 Å². The summed E-state index contributed by atoms with van der Waals surface area (Å²) in [5, 5.41) is 12.6. The second-order valence-corrected chi connectivity index (χ2v) is 6.84. The molecule has 0 aromatic heterocycles. The molecule has 1 aliphatic heterocycles. The van der Waals surface area contributed by atoms with Crippen LogP contribution in [0.2, 0.25) is 0 Å². The molecule has 23 heavy (non-hydrogen) atoms. The van der Waals surface area contributed by atoms with Gasteiger partial charge in [0.15, 0.2) is 0 Å². The van der Waals surface area contributed by atoms with Gasteiger partial charge in [0, 0.05) is 19.1 Å². The summed E-state index contributed by atoms with van der Waals surface area (Å²) in [4.78, 5) is 14.5. The van der Waals surface area contributed by atoms with Crippen molar-refractivity contribution in [1.29, 1.82) is 0 Å². The van der Waals surface area contributed by atoms with Crippen molar-refractivity contribution < 1.29 is 14.3 Å². The molecule has 0 bridgehead atoms. The van der Waals surface area contributed by atoms with Crippen LogP contribution < -0.4 is 5.32 Å². The van der Waals surface area contributed by atoms with Gasteiger partial charge in [-0.05, 0) is 50.2 Å². The second-order valence-electron chi connectivity index (χ2n) is 6.84. The predicted octanol–water partition coefficient (Wildman–Crippen LogP) is 2.03. The number of aliphatic hydroxyl groups is 1. The molecule has 1 aliphatic carbocycles. The number of aliphatic hydroxyl groups excluding tert-OH is 1. The highest BCUT2D eigenvalue weighted by atomic mass is 19.1. The molecule has 0 spiro atoms. The number of amides is 1. The third kappa shape index (κ3) is 3.72. The number of halogens is 1. The van der Waals surface area contributed by atoms with Gasteiger partial charge in [0.2, 0.25) is 5.91 Å². The summed E-state index contributed by atoms with van der Waals surface area (Å²) < 4.78 is 13.7. The molecule has 1 aromatic rings. The molecule has 1 aromatic carbocycles. The van der Waals surface area contributed by atoms with E-state index in [1.165, 1.54) is 6.07 Å². The van der Waals surface area contributed by atoms with E-state index in [0.717, 1.165) is 44.3 Å². The van der Waals surface area contributed by atoms with E-state index in [4.69, 9.17) is 0 Å². The summed E-state index contributed by atoms with van der Waals surface area (Å²) >= 11 is 0. The molecule has 1 heterocycles. The Morgan fingerprint density at radius 3 is 2.61 bits per heavy atom. The molecule has 1 atom stereocenters. The molecule has 126 valence electrons. The van der Waals surface area contributed by atoms with Crippen molar-refractivity contribution in [1.82, 2.24) is 10.2 Å². The maximum absolute atomic E-state index is 13.7. The summed E-state index contributed by atoms with van der Waals surface area (Å²) in [5.41, 5.74) is 0.760. The van der Waals surface area contributed by atoms with Crippen LogP contribution in [0.1, 0.15) is 44.1 Å². The van der Waals surface area contributed by atoms with Crippen molar-refractivity contribution in [3.05, 3.63) is 35.6 Å². The predicted molar refractivity (Wildman–Crippen MR) is 86.6 cm³/mol. The molecular formula is C18H25FN2O2. The van der Waals surface area contributed by atoms with Gasteiger partial charge in [-0.1, -0.05) is 18.2 Å². The topological polar surface area (TPSA) is 52.6 Å². The van der Waals surface area contributed by atoms with Crippen molar-refractivity contribution in [2.75, 3.05) is 13.1 Å². The zero-order valence-corrected chi connectivity index (χ0v) is 13.5. The molecule has 0 radical (unpaired) electrons. The van der Waals surface area contributed by atoms with Crippen LogP contribution in [0.25, 0.3) is 0 Å². The van der Waals surface area contributed by atoms with Crippen LogP contribution in [0.4, 0.5) is 4.39 Å². The Bertz CT molecular complexity index is 552. The fraction of sp³-hybridized carbons (Fsp3) is 0.611. The first-order valence-corrected chi connectivity index (χ1v) is 8.51. The lowest BCUT2D eigenvalue weighted by Crippen LogP contribution is -2.53. The lowest BCUT2D eigenvalue weighted by atomic mass is 9.75. The Morgan fingerprint density at radius 2 is 1.96 bits per heavy atom. The average molecular weight is 320 g/mol. The quantitative estimate of drug-likeness (QED) is 0.892. The van der Waals surface area contributed by atoms with E-state index in [2.05, 4.69) is 10.2 Å². The van der Waals surface area contributed by atoms with Crippen LogP contribution in [0.5, 0.6) is 0 Å². The Kier molecular flexibility index (Phi) is 4.97. The van der Waals surface area contributed by atoms with E-state index >= 15 is 0 Å². The maximum atomic E-state index is 13.7. The number of carbonyl (C=O) groups excluding carboxylic acids is 1. The first kappa shape index (κ1) is 16.4. The van der Waals surface area contributed by atoms with Crippen molar-refractivity contribution in [2.45, 2.75) is 56.7 Å². The van der Waals surface area contributed by atoms with Crippen LogP contribution in [0.15, 0.2) is 24.3 Å². The Morgan fingerprint density at radius 1 is 1.30 bits per heavy atom. The minimum absolute atomic E-state index is 0.0402. The van der Waals surface area contributed by atoms with Crippen LogP contribution in [0.3, 0.4) is 0 Å². The minimum Gasteiger partial charge on any atom is -0.393 e. The third-order valence-electron chi connectivity index (χ3n) is 5.26. The number of piperidine rings is 1. The largest absolute Gasteiger partial charge is 0.393 e. The molecule has 1 unspecified atom stereocenters. The van der Waals surface area contributed by atoms with Crippen LogP contribution in [-0.2, 0) is 4.79 Å². The molecule has 1 amide bonds. The summed E-state index contributed by atoms with van der Waals surface area (Å²) in [5.74, 6) is 0.0998. The normalized spacial score (nSPS) is 27.3. The van der Waals surface area contributed by atoms with E-state index in [1.54, 1.807) is 6.07 Å². The fourth-order valence-corrected chi connectivity index (χ4v) is 3.56. The number of nitrogens with zero attached hydrogens (tertiary/aromatic N) is 1. The molecule has 1 saturated carbocycles. The molecule has 2 fully saturated rings. The number of benzene rings is 1. The van der Waals surface area contributed by atoms with E-state index in [-0.39, 0.29) is 35.8 Å². The van der Waals surface area contributed by atoms with Crippen molar-refractivity contribution in [3.8, 4) is 0 Å². The standard InChI is InChI=1S/C18H25FN2O2/c1-12(21-8-6-15(22)7-9-21)18(23)20-14-10-13(11-14)16-4-2-3-5-17(16)19/h2-5,12-15,22H,6-11H2,1H3,(H,20,23). The third-order valence-corrected chi connectivity index (χ3v) is 5.26. The Balaban J connectivity index is 1.46. The molecule has 5 heteroatoms. The highest BCUT2D eigenvalue weighted by Crippen LogP contribution is 2.38. The highest BCUT2D eigenvalue weighted by Gasteiger charge is 2.34. The van der Waals surface area contributed by atoms with E-state index < -0.39 is 0 Å². The van der Waals surface area contributed by atoms with Gasteiger partial charge in [-0.25, -0.2) is 4.39 Å². The summed E-state index contributed by atoms with van der Waals surface area (Å²) in [6.07, 6.45) is 2.85. The second kappa shape index (κ2) is 6.97. The van der Waals surface area contributed by atoms with E-state index in [0.29, 0.717) is 0 Å². The van der Waals surface area contributed by atoms with Crippen molar-refractivity contribution >= 4 is 5.91 Å². The Labute approximate surface area is 136 Å². The number of likely N-dealkylation sites (tertiary alicyclic amines) is 1. The smallest absolute Gasteiger partial charge is 0.237 e. The number of nitrogens with one attached hydrogen (secondary N) is 1. The van der Waals surface area contributed by atoms with E-state index in [9.17, 15) is 14.3 Å². The molecule has 2 N–H and O–H groups in total. The zero-order chi connectivity index (χ0) is 16.4. The van der Waals surface area contributed by atoms with Gasteiger partial charge in [0.05, 0.1) is 12.1 Å². The van der Waals surface area contributed by atoms with Gasteiger partial charge in [-0.3, -0.25) is 9.69 Å². The lowest BCUT2D eigenvalue weighted by molar-refractivity contribution is -0.128. The first-order valence-electron chi connectivity index (χ1n) is 8.51.